The average molecular weight is 292 g/mol. The molecule has 1 aliphatic rings. The highest BCUT2D eigenvalue weighted by Gasteiger charge is 2.39. The van der Waals surface area contributed by atoms with Gasteiger partial charge in [-0.1, -0.05) is 13.3 Å². The Morgan fingerprint density at radius 3 is 2.67 bits per heavy atom. The van der Waals surface area contributed by atoms with E-state index in [9.17, 15) is 0 Å². The summed E-state index contributed by atoms with van der Waals surface area (Å²) >= 11 is 0. The summed E-state index contributed by atoms with van der Waals surface area (Å²) in [6.45, 7) is 6.80. The predicted octanol–water partition coefficient (Wildman–Crippen LogP) is 2.25. The van der Waals surface area contributed by atoms with E-state index in [0.29, 0.717) is 0 Å². The second-order valence-corrected chi connectivity index (χ2v) is 6.02. The summed E-state index contributed by atoms with van der Waals surface area (Å²) in [5, 5.41) is 0. The van der Waals surface area contributed by atoms with Gasteiger partial charge in [-0.15, -0.1) is 0 Å². The van der Waals surface area contributed by atoms with Gasteiger partial charge in [-0.2, -0.15) is 0 Å². The van der Waals surface area contributed by atoms with Crippen molar-refractivity contribution < 1.29 is 4.74 Å². The smallest absolute Gasteiger partial charge is 0.137 e. The second kappa shape index (κ2) is 7.20. The van der Waals surface area contributed by atoms with E-state index in [0.717, 1.165) is 30.8 Å². The summed E-state index contributed by atoms with van der Waals surface area (Å²) < 4.78 is 5.30. The van der Waals surface area contributed by atoms with Crippen molar-refractivity contribution in [1.29, 1.82) is 0 Å². The number of rotatable bonds is 6. The van der Waals surface area contributed by atoms with Crippen LogP contribution in [0, 0.1) is 0 Å². The van der Waals surface area contributed by atoms with Crippen LogP contribution in [0.25, 0.3) is 0 Å². The van der Waals surface area contributed by atoms with Crippen molar-refractivity contribution in [2.45, 2.75) is 51.1 Å². The van der Waals surface area contributed by atoms with Crippen molar-refractivity contribution in [2.75, 3.05) is 20.2 Å². The van der Waals surface area contributed by atoms with E-state index in [1.807, 2.05) is 12.3 Å². The molecule has 118 valence electrons. The van der Waals surface area contributed by atoms with E-state index in [4.69, 9.17) is 10.6 Å². The summed E-state index contributed by atoms with van der Waals surface area (Å²) in [5.41, 5.74) is 4.07. The Bertz CT molecular complexity index is 448. The topological polar surface area (TPSA) is 63.4 Å². The fourth-order valence-corrected chi connectivity index (χ4v) is 3.35. The summed E-state index contributed by atoms with van der Waals surface area (Å²) in [5.74, 6) is 6.69. The van der Waals surface area contributed by atoms with Crippen molar-refractivity contribution in [1.82, 2.24) is 15.3 Å². The number of likely N-dealkylation sites (tertiary alicyclic amines) is 1. The Kier molecular flexibility index (Phi) is 5.56. The van der Waals surface area contributed by atoms with Crippen LogP contribution in [0.2, 0.25) is 0 Å². The van der Waals surface area contributed by atoms with Gasteiger partial charge in [0.25, 0.3) is 0 Å². The van der Waals surface area contributed by atoms with Crippen LogP contribution in [0.1, 0.15) is 51.1 Å². The van der Waals surface area contributed by atoms with Crippen molar-refractivity contribution in [3.05, 3.63) is 24.0 Å². The van der Waals surface area contributed by atoms with E-state index >= 15 is 0 Å². The first kappa shape index (κ1) is 16.2. The number of hydrogen-bond acceptors (Lipinski definition) is 5. The molecule has 0 aromatic carbocycles. The number of piperidine rings is 1. The standard InChI is InChI=1S/C16H28N4O/c1-4-16(2,20-8-6-5-7-9-20)15(19-17)13-10-14(21-3)12-18-11-13/h10-12,15,19H,4-9,17H2,1-3H3. The summed E-state index contributed by atoms with van der Waals surface area (Å²) in [4.78, 5) is 6.85. The third-order valence-corrected chi connectivity index (χ3v) is 4.89. The summed E-state index contributed by atoms with van der Waals surface area (Å²) in [6, 6.07) is 2.05. The Morgan fingerprint density at radius 2 is 2.10 bits per heavy atom. The Labute approximate surface area is 127 Å². The largest absolute Gasteiger partial charge is 0.495 e. The zero-order valence-corrected chi connectivity index (χ0v) is 13.4. The monoisotopic (exact) mass is 292 g/mol. The lowest BCUT2D eigenvalue weighted by Crippen LogP contribution is -2.57. The van der Waals surface area contributed by atoms with Crippen LogP contribution in [0.5, 0.6) is 5.75 Å². The molecule has 1 aliphatic heterocycles. The lowest BCUT2D eigenvalue weighted by Gasteiger charge is -2.47. The number of nitrogens with two attached hydrogens (primary N) is 1. The van der Waals surface area contributed by atoms with E-state index in [2.05, 4.69) is 29.2 Å². The summed E-state index contributed by atoms with van der Waals surface area (Å²) in [7, 11) is 1.66. The van der Waals surface area contributed by atoms with Crippen LogP contribution >= 0.6 is 0 Å². The molecule has 1 fully saturated rings. The number of hydrazine groups is 1. The highest BCUT2D eigenvalue weighted by molar-refractivity contribution is 5.28. The van der Waals surface area contributed by atoms with Crippen molar-refractivity contribution >= 4 is 0 Å². The number of hydrogen-bond donors (Lipinski definition) is 2. The third-order valence-electron chi connectivity index (χ3n) is 4.89. The molecular weight excluding hydrogens is 264 g/mol. The molecule has 5 heteroatoms. The van der Waals surface area contributed by atoms with Crippen molar-refractivity contribution in [3.63, 3.8) is 0 Å². The van der Waals surface area contributed by atoms with E-state index in [-0.39, 0.29) is 11.6 Å². The van der Waals surface area contributed by atoms with Crippen LogP contribution in [0.4, 0.5) is 0 Å². The van der Waals surface area contributed by atoms with Gasteiger partial charge >= 0.3 is 0 Å². The maximum atomic E-state index is 5.92. The molecule has 0 bridgehead atoms. The second-order valence-electron chi connectivity index (χ2n) is 6.02. The molecule has 5 nitrogen and oxygen atoms in total. The van der Waals surface area contributed by atoms with Gasteiger partial charge in [-0.05, 0) is 50.9 Å². The molecule has 0 aliphatic carbocycles. The van der Waals surface area contributed by atoms with E-state index in [1.165, 1.54) is 19.3 Å². The van der Waals surface area contributed by atoms with Gasteiger partial charge in [0.15, 0.2) is 0 Å². The molecule has 0 saturated carbocycles. The molecule has 3 N–H and O–H groups in total. The minimum Gasteiger partial charge on any atom is -0.495 e. The number of ether oxygens (including phenoxy) is 1. The molecule has 2 unspecified atom stereocenters. The molecule has 2 atom stereocenters. The van der Waals surface area contributed by atoms with Gasteiger partial charge in [0, 0.05) is 11.7 Å². The van der Waals surface area contributed by atoms with E-state index in [1.54, 1.807) is 13.3 Å². The lowest BCUT2D eigenvalue weighted by atomic mass is 9.82. The van der Waals surface area contributed by atoms with Gasteiger partial charge < -0.3 is 4.74 Å². The van der Waals surface area contributed by atoms with Gasteiger partial charge in [-0.3, -0.25) is 21.2 Å². The number of nitrogens with zero attached hydrogens (tertiary/aromatic N) is 2. The fraction of sp³-hybridized carbons (Fsp3) is 0.688. The molecule has 1 saturated heterocycles. The number of aromatic nitrogens is 1. The van der Waals surface area contributed by atoms with Crippen molar-refractivity contribution in [3.8, 4) is 5.75 Å². The third kappa shape index (κ3) is 3.36. The van der Waals surface area contributed by atoms with Gasteiger partial charge in [0.05, 0.1) is 19.3 Å². The predicted molar refractivity (Wildman–Crippen MR) is 85.0 cm³/mol. The molecule has 2 heterocycles. The van der Waals surface area contributed by atoms with Crippen LogP contribution in [0.3, 0.4) is 0 Å². The number of pyridine rings is 1. The van der Waals surface area contributed by atoms with Crippen LogP contribution in [-0.4, -0.2) is 35.6 Å². The molecule has 0 amide bonds. The molecular formula is C16H28N4O. The van der Waals surface area contributed by atoms with Gasteiger partial charge in [0.2, 0.25) is 0 Å². The van der Waals surface area contributed by atoms with E-state index < -0.39 is 0 Å². The Hall–Kier alpha value is -1.17. The van der Waals surface area contributed by atoms with Crippen LogP contribution in [0.15, 0.2) is 18.5 Å². The van der Waals surface area contributed by atoms with Crippen LogP contribution in [-0.2, 0) is 0 Å². The minimum absolute atomic E-state index is 0.0246. The minimum atomic E-state index is -0.0246. The maximum Gasteiger partial charge on any atom is 0.137 e. The van der Waals surface area contributed by atoms with Crippen molar-refractivity contribution in [2.24, 2.45) is 5.84 Å². The maximum absolute atomic E-state index is 5.92. The zero-order valence-electron chi connectivity index (χ0n) is 13.4. The van der Waals surface area contributed by atoms with Gasteiger partial charge in [0.1, 0.15) is 5.75 Å². The SMILES string of the molecule is CCC(C)(C(NN)c1cncc(OC)c1)N1CCCCC1. The normalized spacial score (nSPS) is 20.8. The molecule has 0 radical (unpaired) electrons. The number of methoxy groups -OCH3 is 1. The van der Waals surface area contributed by atoms with Gasteiger partial charge in [-0.25, -0.2) is 0 Å². The quantitative estimate of drug-likeness (QED) is 0.622. The fourth-order valence-electron chi connectivity index (χ4n) is 3.35. The first-order valence-electron chi connectivity index (χ1n) is 7.85. The highest BCUT2D eigenvalue weighted by atomic mass is 16.5. The number of nitrogens with one attached hydrogen (secondary N) is 1. The lowest BCUT2D eigenvalue weighted by molar-refractivity contribution is 0.0422. The first-order chi connectivity index (χ1) is 10.2. The highest BCUT2D eigenvalue weighted by Crippen LogP contribution is 2.36. The molecule has 1 aromatic heterocycles. The Balaban J connectivity index is 2.31. The molecule has 1 aromatic rings. The molecule has 2 rings (SSSR count). The first-order valence-corrected chi connectivity index (χ1v) is 7.85. The average Bonchev–Trinajstić information content (AvgIpc) is 2.56. The Morgan fingerprint density at radius 1 is 1.38 bits per heavy atom. The zero-order chi connectivity index (χ0) is 15.3. The van der Waals surface area contributed by atoms with Crippen LogP contribution < -0.4 is 16.0 Å². The molecule has 21 heavy (non-hydrogen) atoms. The molecule has 0 spiro atoms. The summed E-state index contributed by atoms with van der Waals surface area (Å²) in [6.07, 6.45) is 8.50.